The van der Waals surface area contributed by atoms with Gasteiger partial charge >= 0.3 is 5.97 Å². The van der Waals surface area contributed by atoms with Gasteiger partial charge in [-0.15, -0.1) is 0 Å². The fourth-order valence-electron chi connectivity index (χ4n) is 1.64. The van der Waals surface area contributed by atoms with Crippen molar-refractivity contribution in [2.24, 2.45) is 0 Å². The number of anilines is 1. The predicted octanol–water partition coefficient (Wildman–Crippen LogP) is 3.54. The monoisotopic (exact) mass is 337 g/mol. The summed E-state index contributed by atoms with van der Waals surface area (Å²) >= 11 is 3.23. The highest BCUT2D eigenvalue weighted by Gasteiger charge is 2.15. The molecule has 0 fully saturated rings. The first kappa shape index (κ1) is 14.2. The molecule has 0 saturated heterocycles. The van der Waals surface area contributed by atoms with Gasteiger partial charge < -0.3 is 10.4 Å². The van der Waals surface area contributed by atoms with Gasteiger partial charge in [0.25, 0.3) is 5.91 Å². The van der Waals surface area contributed by atoms with Crippen LogP contribution in [0.2, 0.25) is 0 Å². The second kappa shape index (κ2) is 5.83. The van der Waals surface area contributed by atoms with Gasteiger partial charge in [0, 0.05) is 4.47 Å². The summed E-state index contributed by atoms with van der Waals surface area (Å²) in [5.74, 6) is -2.47. The summed E-state index contributed by atoms with van der Waals surface area (Å²) in [7, 11) is 0. The number of hydrogen-bond donors (Lipinski definition) is 2. The summed E-state index contributed by atoms with van der Waals surface area (Å²) < 4.78 is 13.6. The van der Waals surface area contributed by atoms with Crippen molar-refractivity contribution in [3.05, 3.63) is 63.9 Å². The number of nitrogens with one attached hydrogen (secondary N) is 1. The number of benzene rings is 2. The third-order valence-corrected chi connectivity index (χ3v) is 3.27. The second-order valence-electron chi connectivity index (χ2n) is 3.93. The maximum absolute atomic E-state index is 13.0. The summed E-state index contributed by atoms with van der Waals surface area (Å²) in [6.07, 6.45) is 0. The number of carboxylic acid groups (broad SMARTS) is 1. The first-order chi connectivity index (χ1) is 9.49. The minimum atomic E-state index is -1.31. The smallest absolute Gasteiger partial charge is 0.337 e. The maximum Gasteiger partial charge on any atom is 0.337 e. The molecule has 0 unspecified atom stereocenters. The number of carboxylic acids is 1. The van der Waals surface area contributed by atoms with E-state index in [1.165, 1.54) is 6.07 Å². The topological polar surface area (TPSA) is 66.4 Å². The van der Waals surface area contributed by atoms with Crippen LogP contribution in [0.1, 0.15) is 20.7 Å². The lowest BCUT2D eigenvalue weighted by molar-refractivity contribution is 0.0697. The van der Waals surface area contributed by atoms with E-state index < -0.39 is 17.7 Å². The van der Waals surface area contributed by atoms with Crippen LogP contribution in [0.4, 0.5) is 10.1 Å². The maximum atomic E-state index is 13.0. The van der Waals surface area contributed by atoms with Crippen molar-refractivity contribution < 1.29 is 19.1 Å². The average Bonchev–Trinajstić information content (AvgIpc) is 2.41. The van der Waals surface area contributed by atoms with E-state index in [1.807, 2.05) is 0 Å². The molecule has 4 nitrogen and oxygen atoms in total. The lowest BCUT2D eigenvalue weighted by Gasteiger charge is -2.09. The largest absolute Gasteiger partial charge is 0.478 e. The predicted molar refractivity (Wildman–Crippen MR) is 75.5 cm³/mol. The van der Waals surface area contributed by atoms with Crippen molar-refractivity contribution in [2.45, 2.75) is 0 Å². The first-order valence-electron chi connectivity index (χ1n) is 5.58. The van der Waals surface area contributed by atoms with Gasteiger partial charge in [0.05, 0.1) is 16.8 Å². The fourth-order valence-corrected chi connectivity index (χ4v) is 2.10. The molecule has 6 heteroatoms. The highest BCUT2D eigenvalue weighted by Crippen LogP contribution is 2.21. The average molecular weight is 338 g/mol. The summed E-state index contributed by atoms with van der Waals surface area (Å²) in [5.41, 5.74) is 0.0956. The van der Waals surface area contributed by atoms with Gasteiger partial charge in [-0.05, 0) is 46.3 Å². The lowest BCUT2D eigenvalue weighted by Crippen LogP contribution is -2.15. The molecule has 0 saturated carbocycles. The van der Waals surface area contributed by atoms with Crippen LogP contribution in [0.25, 0.3) is 0 Å². The molecule has 0 heterocycles. The third-order valence-electron chi connectivity index (χ3n) is 2.58. The Bertz CT molecular complexity index is 688. The van der Waals surface area contributed by atoms with Crippen LogP contribution in [0.15, 0.2) is 46.9 Å². The standard InChI is InChI=1S/C14H9BrFNO3/c15-11-4-2-1-3-9(11)13(18)17-12-6-5-8(16)7-10(12)14(19)20/h1-7H,(H,17,18)(H,19,20). The van der Waals surface area contributed by atoms with Gasteiger partial charge in [-0.25, -0.2) is 9.18 Å². The minimum Gasteiger partial charge on any atom is -0.478 e. The van der Waals surface area contributed by atoms with Gasteiger partial charge in [-0.1, -0.05) is 12.1 Å². The molecule has 2 rings (SSSR count). The molecule has 2 aromatic carbocycles. The van der Waals surface area contributed by atoms with Crippen molar-refractivity contribution >= 4 is 33.5 Å². The summed E-state index contributed by atoms with van der Waals surface area (Å²) in [5, 5.41) is 11.5. The number of carbonyl (C=O) groups is 2. The van der Waals surface area contributed by atoms with E-state index in [9.17, 15) is 14.0 Å². The van der Waals surface area contributed by atoms with Crippen LogP contribution in [0.3, 0.4) is 0 Å². The molecular weight excluding hydrogens is 329 g/mol. The molecule has 0 bridgehead atoms. The highest BCUT2D eigenvalue weighted by molar-refractivity contribution is 9.10. The molecule has 0 radical (unpaired) electrons. The molecule has 0 spiro atoms. The van der Waals surface area contributed by atoms with Crippen LogP contribution in [-0.2, 0) is 0 Å². The van der Waals surface area contributed by atoms with Gasteiger partial charge in [0.15, 0.2) is 0 Å². The molecule has 0 aliphatic heterocycles. The quantitative estimate of drug-likeness (QED) is 0.900. The van der Waals surface area contributed by atoms with Crippen molar-refractivity contribution in [1.29, 1.82) is 0 Å². The summed E-state index contributed by atoms with van der Waals surface area (Å²) in [6, 6.07) is 9.87. The lowest BCUT2D eigenvalue weighted by atomic mass is 10.1. The van der Waals surface area contributed by atoms with Crippen LogP contribution in [-0.4, -0.2) is 17.0 Å². The number of halogens is 2. The molecule has 2 aromatic rings. The molecule has 0 aromatic heterocycles. The Morgan fingerprint density at radius 3 is 2.45 bits per heavy atom. The zero-order chi connectivity index (χ0) is 14.7. The number of hydrogen-bond acceptors (Lipinski definition) is 2. The normalized spacial score (nSPS) is 10.1. The van der Waals surface area contributed by atoms with Gasteiger partial charge in [0.2, 0.25) is 0 Å². The minimum absolute atomic E-state index is 0.0413. The highest BCUT2D eigenvalue weighted by atomic mass is 79.9. The molecule has 2 N–H and O–H groups in total. The Morgan fingerprint density at radius 2 is 1.80 bits per heavy atom. The van der Waals surface area contributed by atoms with E-state index >= 15 is 0 Å². The van der Waals surface area contributed by atoms with Crippen molar-refractivity contribution in [3.63, 3.8) is 0 Å². The van der Waals surface area contributed by atoms with Crippen molar-refractivity contribution in [2.75, 3.05) is 5.32 Å². The molecule has 20 heavy (non-hydrogen) atoms. The molecule has 1 amide bonds. The van der Waals surface area contributed by atoms with Crippen LogP contribution in [0.5, 0.6) is 0 Å². The van der Waals surface area contributed by atoms with E-state index in [0.29, 0.717) is 10.0 Å². The Kier molecular flexibility index (Phi) is 4.14. The van der Waals surface area contributed by atoms with E-state index in [4.69, 9.17) is 5.11 Å². The number of rotatable bonds is 3. The molecule has 0 aliphatic carbocycles. The zero-order valence-electron chi connectivity index (χ0n) is 10.1. The summed E-state index contributed by atoms with van der Waals surface area (Å²) in [4.78, 5) is 23.1. The van der Waals surface area contributed by atoms with E-state index in [0.717, 1.165) is 12.1 Å². The molecule has 102 valence electrons. The van der Waals surface area contributed by atoms with E-state index in [2.05, 4.69) is 21.2 Å². The Labute approximate surface area is 122 Å². The second-order valence-corrected chi connectivity index (χ2v) is 4.78. The summed E-state index contributed by atoms with van der Waals surface area (Å²) in [6.45, 7) is 0. The van der Waals surface area contributed by atoms with E-state index in [-0.39, 0.29) is 11.3 Å². The van der Waals surface area contributed by atoms with Crippen LogP contribution >= 0.6 is 15.9 Å². The zero-order valence-corrected chi connectivity index (χ0v) is 11.6. The van der Waals surface area contributed by atoms with E-state index in [1.54, 1.807) is 24.3 Å². The molecule has 0 aliphatic rings. The van der Waals surface area contributed by atoms with Crippen molar-refractivity contribution in [1.82, 2.24) is 0 Å². The number of amides is 1. The SMILES string of the molecule is O=C(Nc1ccc(F)cc1C(=O)O)c1ccccc1Br. The Balaban J connectivity index is 2.33. The van der Waals surface area contributed by atoms with Gasteiger partial charge in [-0.3, -0.25) is 4.79 Å². The number of carbonyl (C=O) groups excluding carboxylic acids is 1. The van der Waals surface area contributed by atoms with Crippen molar-refractivity contribution in [3.8, 4) is 0 Å². The first-order valence-corrected chi connectivity index (χ1v) is 6.37. The van der Waals surface area contributed by atoms with Crippen LogP contribution in [0, 0.1) is 5.82 Å². The molecular formula is C14H9BrFNO3. The number of aromatic carboxylic acids is 1. The molecule has 0 atom stereocenters. The Hall–Kier alpha value is -2.21. The van der Waals surface area contributed by atoms with Crippen LogP contribution < -0.4 is 5.32 Å². The fraction of sp³-hybridized carbons (Fsp3) is 0. The van der Waals surface area contributed by atoms with Gasteiger partial charge in [0.1, 0.15) is 5.82 Å². The van der Waals surface area contributed by atoms with Gasteiger partial charge in [-0.2, -0.15) is 0 Å². The Morgan fingerprint density at radius 1 is 1.10 bits per heavy atom. The third kappa shape index (κ3) is 3.03.